The fraction of sp³-hybridized carbons (Fsp3) is 0.526. The molecule has 2 unspecified atom stereocenters. The number of aliphatic carboxylic acids is 1. The second-order valence-corrected chi connectivity index (χ2v) is 7.73. The van der Waals surface area contributed by atoms with Crippen LogP contribution < -0.4 is 11.1 Å². The van der Waals surface area contributed by atoms with Crippen molar-refractivity contribution in [3.63, 3.8) is 0 Å². The molecule has 2 amide bonds. The lowest BCUT2D eigenvalue weighted by atomic mass is 9.79. The van der Waals surface area contributed by atoms with Crippen molar-refractivity contribution in [3.05, 3.63) is 35.9 Å². The summed E-state index contributed by atoms with van der Waals surface area (Å²) in [4.78, 5) is 37.9. The Balaban J connectivity index is 1.55. The molecule has 4 N–H and O–H groups in total. The zero-order valence-electron chi connectivity index (χ0n) is 16.0. The number of carbonyl (C=O) groups excluding carboxylic acids is 2. The zero-order valence-corrected chi connectivity index (χ0v) is 16.0. The number of ether oxygens (including phenoxy) is 1. The van der Waals surface area contributed by atoms with E-state index in [0.717, 1.165) is 5.56 Å². The first-order valence-corrected chi connectivity index (χ1v) is 9.35. The van der Waals surface area contributed by atoms with Crippen LogP contribution in [0.2, 0.25) is 11.6 Å². The fourth-order valence-corrected chi connectivity index (χ4v) is 3.82. The maximum Gasteiger partial charge on any atom is 0.408 e. The number of nitrogens with two attached hydrogens (primary N) is 1. The van der Waals surface area contributed by atoms with E-state index < -0.39 is 23.6 Å². The van der Waals surface area contributed by atoms with Gasteiger partial charge in [-0.1, -0.05) is 48.9 Å². The van der Waals surface area contributed by atoms with Gasteiger partial charge in [0.1, 0.15) is 25.5 Å². The highest BCUT2D eigenvalue weighted by Gasteiger charge is 2.58. The Morgan fingerprint density at radius 3 is 2.61 bits per heavy atom. The Labute approximate surface area is 164 Å². The van der Waals surface area contributed by atoms with Gasteiger partial charge in [0.25, 0.3) is 0 Å². The molecule has 2 heterocycles. The minimum atomic E-state index is -1.48. The highest BCUT2D eigenvalue weighted by atomic mass is 16.5. The molecule has 0 aliphatic carbocycles. The topological polar surface area (TPSA) is 122 Å². The number of nitrogens with one attached hydrogen (secondary N) is 1. The molecule has 149 valence electrons. The minimum Gasteiger partial charge on any atom is -0.480 e. The van der Waals surface area contributed by atoms with Crippen molar-refractivity contribution in [1.29, 1.82) is 0 Å². The van der Waals surface area contributed by atoms with Crippen LogP contribution in [0.25, 0.3) is 0 Å². The number of carbonyl (C=O) groups is 3. The van der Waals surface area contributed by atoms with Crippen LogP contribution in [0.1, 0.15) is 19.4 Å². The Morgan fingerprint density at radius 2 is 2.04 bits per heavy atom. The fourth-order valence-electron chi connectivity index (χ4n) is 3.82. The first-order chi connectivity index (χ1) is 13.2. The average molecular weight is 386 g/mol. The Hall–Kier alpha value is -2.55. The van der Waals surface area contributed by atoms with E-state index in [0.29, 0.717) is 5.82 Å². The maximum absolute atomic E-state index is 12.7. The summed E-state index contributed by atoms with van der Waals surface area (Å²) in [6.07, 6.45) is -0.707. The van der Waals surface area contributed by atoms with Gasteiger partial charge in [0.2, 0.25) is 5.91 Å². The normalized spacial score (nSPS) is 29.5. The summed E-state index contributed by atoms with van der Waals surface area (Å²) in [5.74, 6) is -1.42. The molecule has 0 aromatic heterocycles. The van der Waals surface area contributed by atoms with Gasteiger partial charge < -0.3 is 25.8 Å². The summed E-state index contributed by atoms with van der Waals surface area (Å²) in [5, 5.41) is 12.1. The third kappa shape index (κ3) is 4.14. The van der Waals surface area contributed by atoms with Gasteiger partial charge in [-0.25, -0.2) is 4.79 Å². The van der Waals surface area contributed by atoms with Gasteiger partial charge in [-0.3, -0.25) is 9.59 Å². The van der Waals surface area contributed by atoms with E-state index in [9.17, 15) is 19.5 Å². The number of nitrogens with zero attached hydrogens (tertiary/aromatic N) is 1. The summed E-state index contributed by atoms with van der Waals surface area (Å²) in [5.41, 5.74) is 5.52. The second kappa shape index (κ2) is 7.83. The summed E-state index contributed by atoms with van der Waals surface area (Å²) in [6, 6.07) is 8.35. The molecule has 28 heavy (non-hydrogen) atoms. The van der Waals surface area contributed by atoms with Crippen LogP contribution in [0.5, 0.6) is 0 Å². The first-order valence-electron chi connectivity index (χ1n) is 9.35. The third-order valence-electron chi connectivity index (χ3n) is 5.62. The first kappa shape index (κ1) is 20.2. The number of carboxylic acid groups (broad SMARTS) is 1. The number of hydrogen-bond donors (Lipinski definition) is 3. The molecule has 1 aromatic rings. The molecule has 0 saturated carbocycles. The molecule has 2 saturated heterocycles. The van der Waals surface area contributed by atoms with Crippen LogP contribution in [0.4, 0.5) is 4.79 Å². The summed E-state index contributed by atoms with van der Waals surface area (Å²) >= 11 is 0. The van der Waals surface area contributed by atoms with E-state index >= 15 is 0 Å². The lowest BCUT2D eigenvalue weighted by molar-refractivity contribution is -0.144. The Bertz CT molecular complexity index is 761. The minimum absolute atomic E-state index is 0.0754. The van der Waals surface area contributed by atoms with Crippen LogP contribution in [0.3, 0.4) is 0 Å². The molecular formula is C19H25BN3O5. The van der Waals surface area contributed by atoms with Gasteiger partial charge in [0.15, 0.2) is 0 Å². The van der Waals surface area contributed by atoms with Gasteiger partial charge in [-0.05, 0) is 12.5 Å². The van der Waals surface area contributed by atoms with Crippen molar-refractivity contribution < 1.29 is 24.2 Å². The average Bonchev–Trinajstić information content (AvgIpc) is 3.27. The van der Waals surface area contributed by atoms with Crippen molar-refractivity contribution in [2.75, 3.05) is 13.1 Å². The number of likely N-dealkylation sites (tertiary alicyclic amines) is 1. The van der Waals surface area contributed by atoms with E-state index in [4.69, 9.17) is 10.5 Å². The Morgan fingerprint density at radius 1 is 1.39 bits per heavy atom. The molecule has 0 bridgehead atoms. The van der Waals surface area contributed by atoms with Gasteiger partial charge in [0.05, 0.1) is 0 Å². The van der Waals surface area contributed by atoms with Gasteiger partial charge in [-0.2, -0.15) is 0 Å². The molecule has 3 rings (SSSR count). The van der Waals surface area contributed by atoms with Crippen LogP contribution in [0, 0.1) is 5.92 Å². The SMILES string of the molecule is CC1[B]C1[C@H]1CN(C(=O)[C@H](C)NC(=O)OCc2ccccc2)C[C@@]1(N)C(=O)O. The molecule has 2 aliphatic heterocycles. The molecule has 1 radical (unpaired) electrons. The van der Waals surface area contributed by atoms with E-state index in [1.807, 2.05) is 44.5 Å². The van der Waals surface area contributed by atoms with Gasteiger partial charge in [-0.15, -0.1) is 0 Å². The molecule has 0 spiro atoms. The largest absolute Gasteiger partial charge is 0.480 e. The number of carboxylic acids is 1. The molecule has 9 heteroatoms. The van der Waals surface area contributed by atoms with E-state index in [1.165, 1.54) is 4.90 Å². The van der Waals surface area contributed by atoms with Crippen LogP contribution in [-0.4, -0.2) is 59.9 Å². The predicted octanol–water partition coefficient (Wildman–Crippen LogP) is 0.857. The zero-order chi connectivity index (χ0) is 20.5. The molecule has 1 aromatic carbocycles. The number of hydrogen-bond acceptors (Lipinski definition) is 5. The van der Waals surface area contributed by atoms with E-state index in [-0.39, 0.29) is 37.3 Å². The van der Waals surface area contributed by atoms with Crippen molar-refractivity contribution in [2.45, 2.75) is 43.7 Å². The monoisotopic (exact) mass is 386 g/mol. The summed E-state index contributed by atoms with van der Waals surface area (Å²) in [6.45, 7) is 3.83. The quantitative estimate of drug-likeness (QED) is 0.624. The lowest BCUT2D eigenvalue weighted by Crippen LogP contribution is -2.56. The molecule has 5 atom stereocenters. The lowest BCUT2D eigenvalue weighted by Gasteiger charge is -2.26. The number of alkyl carbamates (subject to hydrolysis) is 1. The predicted molar refractivity (Wildman–Crippen MR) is 103 cm³/mol. The molecule has 2 fully saturated rings. The van der Waals surface area contributed by atoms with Crippen molar-refractivity contribution in [2.24, 2.45) is 11.7 Å². The number of benzene rings is 1. The summed E-state index contributed by atoms with van der Waals surface area (Å²) in [7, 11) is 2.05. The third-order valence-corrected chi connectivity index (χ3v) is 5.62. The van der Waals surface area contributed by atoms with Crippen molar-refractivity contribution in [1.82, 2.24) is 10.2 Å². The van der Waals surface area contributed by atoms with Gasteiger partial charge in [0, 0.05) is 19.0 Å². The highest BCUT2D eigenvalue weighted by Crippen LogP contribution is 2.52. The summed E-state index contributed by atoms with van der Waals surface area (Å²) < 4.78 is 5.13. The highest BCUT2D eigenvalue weighted by molar-refractivity contribution is 6.53. The van der Waals surface area contributed by atoms with Crippen LogP contribution >= 0.6 is 0 Å². The standard InChI is InChI=1S/C19H25BN3O5/c1-11-15(20-11)14-8-23(10-19(14,21)17(25)26)16(24)12(2)22-18(27)28-9-13-6-4-3-5-7-13/h3-7,11-12,14-15H,8-10,21H2,1-2H3,(H,22,27)(H,25,26)/t11?,12-,14+,15?,19-/m0/s1. The van der Waals surface area contributed by atoms with Gasteiger partial charge >= 0.3 is 12.1 Å². The van der Waals surface area contributed by atoms with E-state index in [1.54, 1.807) is 6.92 Å². The molecule has 2 aliphatic rings. The number of rotatable bonds is 6. The smallest absolute Gasteiger partial charge is 0.408 e. The van der Waals surface area contributed by atoms with Crippen LogP contribution in [-0.2, 0) is 20.9 Å². The number of amides is 2. The van der Waals surface area contributed by atoms with E-state index in [2.05, 4.69) is 5.32 Å². The van der Waals surface area contributed by atoms with Crippen LogP contribution in [0.15, 0.2) is 30.3 Å². The second-order valence-electron chi connectivity index (χ2n) is 7.73. The van der Waals surface area contributed by atoms with Crippen molar-refractivity contribution >= 4 is 25.2 Å². The Kier molecular flexibility index (Phi) is 5.65. The molecular weight excluding hydrogens is 361 g/mol. The van der Waals surface area contributed by atoms with Crippen molar-refractivity contribution in [3.8, 4) is 0 Å². The molecule has 8 nitrogen and oxygen atoms in total. The maximum atomic E-state index is 12.7.